The molecule has 114 valence electrons. The summed E-state index contributed by atoms with van der Waals surface area (Å²) in [4.78, 5) is 17.0. The van der Waals surface area contributed by atoms with E-state index in [0.29, 0.717) is 10.8 Å². The number of carbonyl (C=O) groups is 1. The largest absolute Gasteiger partial charge is 0.296 e. The molecule has 0 fully saturated rings. The maximum absolute atomic E-state index is 12.4. The van der Waals surface area contributed by atoms with E-state index >= 15 is 0 Å². The fraction of sp³-hybridized carbons (Fsp3) is 0.312. The third-order valence-corrected chi connectivity index (χ3v) is 4.63. The van der Waals surface area contributed by atoms with Gasteiger partial charge in [-0.2, -0.15) is 5.10 Å². The first kappa shape index (κ1) is 14.7. The summed E-state index contributed by atoms with van der Waals surface area (Å²) >= 11 is 1.49. The van der Waals surface area contributed by atoms with Crippen LogP contribution in [0.1, 0.15) is 41.5 Å². The second-order valence-corrected chi connectivity index (χ2v) is 6.61. The third-order valence-electron chi connectivity index (χ3n) is 3.70. The van der Waals surface area contributed by atoms with Crippen molar-refractivity contribution in [3.8, 4) is 0 Å². The van der Waals surface area contributed by atoms with Crippen LogP contribution < -0.4 is 5.32 Å². The molecule has 0 saturated carbocycles. The van der Waals surface area contributed by atoms with Crippen molar-refractivity contribution in [1.82, 2.24) is 14.8 Å². The number of amides is 1. The Kier molecular flexibility index (Phi) is 3.70. The molecule has 22 heavy (non-hydrogen) atoms. The molecule has 0 atom stereocenters. The Hall–Kier alpha value is -2.21. The Morgan fingerprint density at radius 1 is 1.27 bits per heavy atom. The van der Waals surface area contributed by atoms with Gasteiger partial charge in [-0.05, 0) is 51.0 Å². The van der Waals surface area contributed by atoms with Crippen LogP contribution >= 0.6 is 11.3 Å². The van der Waals surface area contributed by atoms with Crippen LogP contribution in [-0.2, 0) is 0 Å². The van der Waals surface area contributed by atoms with Crippen molar-refractivity contribution in [2.45, 2.75) is 33.7 Å². The number of aromatic nitrogens is 3. The van der Waals surface area contributed by atoms with Gasteiger partial charge in [-0.15, -0.1) is 0 Å². The number of nitrogens with one attached hydrogen (secondary N) is 1. The second kappa shape index (κ2) is 5.53. The zero-order chi connectivity index (χ0) is 15.9. The molecular formula is C16H18N4OS. The Morgan fingerprint density at radius 2 is 2.05 bits per heavy atom. The molecule has 0 saturated heterocycles. The van der Waals surface area contributed by atoms with E-state index in [9.17, 15) is 4.79 Å². The first-order chi connectivity index (χ1) is 10.5. The molecule has 3 rings (SSSR count). The molecule has 0 unspecified atom stereocenters. The zero-order valence-electron chi connectivity index (χ0n) is 13.0. The van der Waals surface area contributed by atoms with Gasteiger partial charge in [0.15, 0.2) is 5.13 Å². The van der Waals surface area contributed by atoms with Crippen LogP contribution in [0, 0.1) is 13.8 Å². The fourth-order valence-electron chi connectivity index (χ4n) is 2.35. The summed E-state index contributed by atoms with van der Waals surface area (Å²) in [5.41, 5.74) is 3.86. The van der Waals surface area contributed by atoms with Crippen LogP contribution in [0.15, 0.2) is 24.4 Å². The number of aryl methyl sites for hydroxylation is 2. The number of hydrogen-bond donors (Lipinski definition) is 1. The van der Waals surface area contributed by atoms with E-state index in [2.05, 4.69) is 35.3 Å². The summed E-state index contributed by atoms with van der Waals surface area (Å²) in [7, 11) is 0. The third kappa shape index (κ3) is 2.50. The topological polar surface area (TPSA) is 59.8 Å². The number of anilines is 1. The van der Waals surface area contributed by atoms with Crippen molar-refractivity contribution in [2.24, 2.45) is 0 Å². The molecule has 0 aliphatic carbocycles. The van der Waals surface area contributed by atoms with Crippen LogP contribution in [0.25, 0.3) is 10.2 Å². The number of benzene rings is 1. The number of rotatable bonds is 3. The molecule has 2 heterocycles. The predicted molar refractivity (Wildman–Crippen MR) is 89.7 cm³/mol. The summed E-state index contributed by atoms with van der Waals surface area (Å²) in [6, 6.07) is 5.98. The van der Waals surface area contributed by atoms with Crippen LogP contribution in [0.5, 0.6) is 0 Å². The van der Waals surface area contributed by atoms with Gasteiger partial charge >= 0.3 is 0 Å². The van der Waals surface area contributed by atoms with Crippen LogP contribution in [0.4, 0.5) is 5.13 Å². The predicted octanol–water partition coefficient (Wildman–Crippen LogP) is 3.94. The number of carbonyl (C=O) groups excluding carboxylic acids is 1. The molecule has 0 radical (unpaired) electrons. The normalized spacial score (nSPS) is 11.3. The standard InChI is InChI=1S/C16H18N4OS/c1-9(2)20-12(7-8-17-20)15(21)19-16-18-14-11(4)10(3)5-6-13(14)22-16/h5-9H,1-4H3,(H,18,19,21). The van der Waals surface area contributed by atoms with Gasteiger partial charge in [0.2, 0.25) is 0 Å². The minimum atomic E-state index is -0.181. The van der Waals surface area contributed by atoms with Crippen LogP contribution in [0.2, 0.25) is 0 Å². The van der Waals surface area contributed by atoms with E-state index < -0.39 is 0 Å². The second-order valence-electron chi connectivity index (χ2n) is 5.58. The summed E-state index contributed by atoms with van der Waals surface area (Å²) < 4.78 is 2.79. The van der Waals surface area contributed by atoms with Crippen molar-refractivity contribution in [2.75, 3.05) is 5.32 Å². The van der Waals surface area contributed by atoms with Gasteiger partial charge < -0.3 is 0 Å². The summed E-state index contributed by atoms with van der Waals surface area (Å²) in [5, 5.41) is 7.68. The fourth-order valence-corrected chi connectivity index (χ4v) is 3.27. The van der Waals surface area contributed by atoms with Crippen molar-refractivity contribution in [1.29, 1.82) is 0 Å². The first-order valence-electron chi connectivity index (χ1n) is 7.19. The minimum Gasteiger partial charge on any atom is -0.296 e. The maximum atomic E-state index is 12.4. The highest BCUT2D eigenvalue weighted by molar-refractivity contribution is 7.22. The lowest BCUT2D eigenvalue weighted by Crippen LogP contribution is -2.18. The molecule has 1 amide bonds. The highest BCUT2D eigenvalue weighted by atomic mass is 32.1. The lowest BCUT2D eigenvalue weighted by atomic mass is 10.1. The molecule has 1 N–H and O–H groups in total. The Labute approximate surface area is 133 Å². The SMILES string of the molecule is Cc1ccc2sc(NC(=O)c3ccnn3C(C)C)nc2c1C. The molecule has 1 aromatic carbocycles. The minimum absolute atomic E-state index is 0.135. The molecule has 6 heteroatoms. The van der Waals surface area contributed by atoms with Gasteiger partial charge in [-0.1, -0.05) is 17.4 Å². The van der Waals surface area contributed by atoms with E-state index in [0.717, 1.165) is 15.8 Å². The van der Waals surface area contributed by atoms with Gasteiger partial charge in [-0.25, -0.2) is 4.98 Å². The number of thiazole rings is 1. The van der Waals surface area contributed by atoms with Gasteiger partial charge in [0.1, 0.15) is 5.69 Å². The first-order valence-corrected chi connectivity index (χ1v) is 8.00. The van der Waals surface area contributed by atoms with Gasteiger partial charge in [0.25, 0.3) is 5.91 Å². The molecule has 0 spiro atoms. The lowest BCUT2D eigenvalue weighted by molar-refractivity contribution is 0.101. The molecular weight excluding hydrogens is 296 g/mol. The quantitative estimate of drug-likeness (QED) is 0.796. The maximum Gasteiger partial charge on any atom is 0.275 e. The lowest BCUT2D eigenvalue weighted by Gasteiger charge is -2.09. The molecule has 5 nitrogen and oxygen atoms in total. The smallest absolute Gasteiger partial charge is 0.275 e. The highest BCUT2D eigenvalue weighted by Crippen LogP contribution is 2.29. The highest BCUT2D eigenvalue weighted by Gasteiger charge is 2.16. The van der Waals surface area contributed by atoms with Crippen LogP contribution in [-0.4, -0.2) is 20.7 Å². The molecule has 0 aliphatic rings. The van der Waals surface area contributed by atoms with Gasteiger partial charge in [0, 0.05) is 12.2 Å². The average Bonchev–Trinajstić information content (AvgIpc) is 3.09. The Balaban J connectivity index is 1.91. The number of fused-ring (bicyclic) bond motifs is 1. The number of hydrogen-bond acceptors (Lipinski definition) is 4. The zero-order valence-corrected chi connectivity index (χ0v) is 13.9. The number of nitrogens with zero attached hydrogens (tertiary/aromatic N) is 3. The average molecular weight is 314 g/mol. The van der Waals surface area contributed by atoms with E-state index in [1.807, 2.05) is 19.9 Å². The van der Waals surface area contributed by atoms with E-state index in [1.54, 1.807) is 16.9 Å². The molecule has 0 bridgehead atoms. The van der Waals surface area contributed by atoms with Crippen LogP contribution in [0.3, 0.4) is 0 Å². The molecule has 0 aliphatic heterocycles. The summed E-state index contributed by atoms with van der Waals surface area (Å²) in [5.74, 6) is -0.181. The van der Waals surface area contributed by atoms with Crippen molar-refractivity contribution in [3.63, 3.8) is 0 Å². The monoisotopic (exact) mass is 314 g/mol. The molecule has 3 aromatic rings. The van der Waals surface area contributed by atoms with Crippen molar-refractivity contribution < 1.29 is 4.79 Å². The Bertz CT molecular complexity index is 847. The van der Waals surface area contributed by atoms with E-state index in [4.69, 9.17) is 0 Å². The van der Waals surface area contributed by atoms with Gasteiger partial charge in [-0.3, -0.25) is 14.8 Å². The van der Waals surface area contributed by atoms with E-state index in [-0.39, 0.29) is 11.9 Å². The summed E-state index contributed by atoms with van der Waals surface area (Å²) in [6.45, 7) is 8.10. The van der Waals surface area contributed by atoms with E-state index in [1.165, 1.54) is 16.9 Å². The summed E-state index contributed by atoms with van der Waals surface area (Å²) in [6.07, 6.45) is 1.64. The Morgan fingerprint density at radius 3 is 2.77 bits per heavy atom. The van der Waals surface area contributed by atoms with Gasteiger partial charge in [0.05, 0.1) is 10.2 Å². The molecule has 2 aromatic heterocycles. The van der Waals surface area contributed by atoms with Crippen molar-refractivity contribution >= 4 is 32.6 Å². The van der Waals surface area contributed by atoms with Crippen molar-refractivity contribution in [3.05, 3.63) is 41.2 Å².